The molecule has 1 aliphatic heterocycles. The second-order valence-corrected chi connectivity index (χ2v) is 8.71. The van der Waals surface area contributed by atoms with Crippen LogP contribution in [0.15, 0.2) is 42.2 Å². The van der Waals surface area contributed by atoms with Crippen LogP contribution in [0, 0.1) is 5.92 Å². The van der Waals surface area contributed by atoms with E-state index < -0.39 is 11.6 Å². The topological polar surface area (TPSA) is 49.8 Å². The lowest BCUT2D eigenvalue weighted by molar-refractivity contribution is 0.0187. The Labute approximate surface area is 183 Å². The molecule has 1 heterocycles. The number of alkyl halides is 1. The fraction of sp³-hybridized carbons (Fsp3) is 0.560. The smallest absolute Gasteiger partial charge is 0.335 e. The Kier molecular flexibility index (Phi) is 8.00. The SMILES string of the molecule is CCC(F)(CC)CN1CCC(COC2C=CC(c3ccc(C(=O)O)cc3)=C(F)C2)CC1. The van der Waals surface area contributed by atoms with Crippen molar-refractivity contribution in [2.75, 3.05) is 26.2 Å². The number of ether oxygens (including phenoxy) is 1. The Bertz CT molecular complexity index is 807. The van der Waals surface area contributed by atoms with Gasteiger partial charge >= 0.3 is 5.97 Å². The number of hydrogen-bond donors (Lipinski definition) is 1. The minimum atomic E-state index is -1.09. The Morgan fingerprint density at radius 1 is 1.19 bits per heavy atom. The zero-order valence-corrected chi connectivity index (χ0v) is 18.4. The number of allylic oxidation sites excluding steroid dienone is 2. The van der Waals surface area contributed by atoms with Gasteiger partial charge in [0.25, 0.3) is 0 Å². The summed E-state index contributed by atoms with van der Waals surface area (Å²) in [5.41, 5.74) is 0.226. The number of carboxylic acids is 1. The molecule has 0 bridgehead atoms. The van der Waals surface area contributed by atoms with Gasteiger partial charge in [0, 0.05) is 18.5 Å². The van der Waals surface area contributed by atoms with Crippen molar-refractivity contribution in [3.8, 4) is 0 Å². The molecule has 0 amide bonds. The molecule has 1 aliphatic carbocycles. The summed E-state index contributed by atoms with van der Waals surface area (Å²) in [5.74, 6) is -0.832. The van der Waals surface area contributed by atoms with Gasteiger partial charge in [-0.25, -0.2) is 13.6 Å². The summed E-state index contributed by atoms with van der Waals surface area (Å²) >= 11 is 0. The minimum Gasteiger partial charge on any atom is -0.478 e. The summed E-state index contributed by atoms with van der Waals surface area (Å²) in [5, 5.41) is 8.99. The molecule has 0 radical (unpaired) electrons. The first-order chi connectivity index (χ1) is 14.8. The Hall–Kier alpha value is -2.05. The van der Waals surface area contributed by atoms with E-state index in [-0.39, 0.29) is 23.9 Å². The van der Waals surface area contributed by atoms with Crippen LogP contribution >= 0.6 is 0 Å². The number of benzene rings is 1. The first-order valence-corrected chi connectivity index (χ1v) is 11.3. The number of hydrogen-bond acceptors (Lipinski definition) is 3. The monoisotopic (exact) mass is 433 g/mol. The maximum atomic E-state index is 14.7. The molecule has 1 atom stereocenters. The maximum absolute atomic E-state index is 14.7. The van der Waals surface area contributed by atoms with E-state index in [1.807, 2.05) is 19.9 Å². The lowest BCUT2D eigenvalue weighted by atomic mass is 9.93. The zero-order chi connectivity index (χ0) is 22.4. The summed E-state index contributed by atoms with van der Waals surface area (Å²) in [6.45, 7) is 6.67. The summed E-state index contributed by atoms with van der Waals surface area (Å²) in [4.78, 5) is 13.2. The van der Waals surface area contributed by atoms with Crippen LogP contribution in [0.3, 0.4) is 0 Å². The van der Waals surface area contributed by atoms with Crippen molar-refractivity contribution in [2.45, 2.75) is 57.7 Å². The number of piperidine rings is 1. The van der Waals surface area contributed by atoms with Gasteiger partial charge in [0.2, 0.25) is 0 Å². The molecule has 0 saturated carbocycles. The van der Waals surface area contributed by atoms with E-state index in [2.05, 4.69) is 4.90 Å². The van der Waals surface area contributed by atoms with E-state index in [1.165, 1.54) is 12.1 Å². The van der Waals surface area contributed by atoms with Gasteiger partial charge < -0.3 is 14.7 Å². The molecule has 31 heavy (non-hydrogen) atoms. The van der Waals surface area contributed by atoms with Crippen LogP contribution in [-0.2, 0) is 4.74 Å². The van der Waals surface area contributed by atoms with Crippen molar-refractivity contribution in [1.82, 2.24) is 4.90 Å². The first kappa shape index (κ1) is 23.6. The Morgan fingerprint density at radius 2 is 1.84 bits per heavy atom. The predicted molar refractivity (Wildman–Crippen MR) is 119 cm³/mol. The standard InChI is InChI=1S/C25H33F2NO3/c1-3-25(27,4-2)17-28-13-11-18(12-14-28)16-31-21-9-10-22(23(26)15-21)19-5-7-20(8-6-19)24(29)30/h5-10,18,21H,3-4,11-17H2,1-2H3,(H,29,30). The van der Waals surface area contributed by atoms with Gasteiger partial charge in [-0.1, -0.05) is 38.1 Å². The largest absolute Gasteiger partial charge is 0.478 e. The highest BCUT2D eigenvalue weighted by molar-refractivity contribution is 5.88. The maximum Gasteiger partial charge on any atom is 0.335 e. The van der Waals surface area contributed by atoms with Crippen LogP contribution in [-0.4, -0.2) is 54.0 Å². The van der Waals surface area contributed by atoms with E-state index in [0.29, 0.717) is 43.0 Å². The molecule has 0 spiro atoms. The minimum absolute atomic E-state index is 0.179. The fourth-order valence-electron chi connectivity index (χ4n) is 4.25. The highest BCUT2D eigenvalue weighted by Gasteiger charge is 2.30. The number of aromatic carboxylic acids is 1. The average Bonchev–Trinajstić information content (AvgIpc) is 2.78. The third-order valence-corrected chi connectivity index (χ3v) is 6.62. The summed E-state index contributed by atoms with van der Waals surface area (Å²) in [6.07, 6.45) is 6.52. The predicted octanol–water partition coefficient (Wildman–Crippen LogP) is 5.65. The number of nitrogens with zero attached hydrogens (tertiary/aromatic N) is 1. The summed E-state index contributed by atoms with van der Waals surface area (Å²) in [6, 6.07) is 6.21. The molecule has 1 aromatic carbocycles. The normalized spacial score (nSPS) is 21.0. The van der Waals surface area contributed by atoms with Gasteiger partial charge in [-0.05, 0) is 62.4 Å². The van der Waals surface area contributed by atoms with Crippen LogP contribution in [0.1, 0.15) is 61.9 Å². The Balaban J connectivity index is 1.45. The summed E-state index contributed by atoms with van der Waals surface area (Å²) < 4.78 is 35.3. The van der Waals surface area contributed by atoms with Crippen LogP contribution in [0.5, 0.6) is 0 Å². The molecule has 1 aromatic rings. The van der Waals surface area contributed by atoms with Crippen molar-refractivity contribution in [2.24, 2.45) is 5.92 Å². The molecule has 1 unspecified atom stereocenters. The van der Waals surface area contributed by atoms with Crippen LogP contribution < -0.4 is 0 Å². The molecule has 1 N–H and O–H groups in total. The van der Waals surface area contributed by atoms with Gasteiger partial charge in [-0.2, -0.15) is 0 Å². The number of halogens is 2. The van der Waals surface area contributed by atoms with E-state index in [1.54, 1.807) is 18.2 Å². The van der Waals surface area contributed by atoms with Crippen molar-refractivity contribution in [3.05, 3.63) is 53.4 Å². The molecular formula is C25H33F2NO3. The zero-order valence-electron chi connectivity index (χ0n) is 18.4. The lowest BCUT2D eigenvalue weighted by Crippen LogP contribution is -2.44. The highest BCUT2D eigenvalue weighted by Crippen LogP contribution is 2.31. The third-order valence-electron chi connectivity index (χ3n) is 6.62. The number of rotatable bonds is 9. The Morgan fingerprint density at radius 3 is 2.39 bits per heavy atom. The lowest BCUT2D eigenvalue weighted by Gasteiger charge is -2.36. The van der Waals surface area contributed by atoms with Gasteiger partial charge in [-0.3, -0.25) is 0 Å². The third kappa shape index (κ3) is 6.23. The van der Waals surface area contributed by atoms with E-state index in [0.717, 1.165) is 25.9 Å². The fourth-order valence-corrected chi connectivity index (χ4v) is 4.25. The quantitative estimate of drug-likeness (QED) is 0.547. The number of carboxylic acid groups (broad SMARTS) is 1. The van der Waals surface area contributed by atoms with Gasteiger partial charge in [0.05, 0.1) is 18.3 Å². The second-order valence-electron chi connectivity index (χ2n) is 8.71. The molecular weight excluding hydrogens is 400 g/mol. The average molecular weight is 434 g/mol. The van der Waals surface area contributed by atoms with E-state index in [4.69, 9.17) is 9.84 Å². The molecule has 4 nitrogen and oxygen atoms in total. The molecule has 6 heteroatoms. The van der Waals surface area contributed by atoms with Gasteiger partial charge in [0.1, 0.15) is 11.5 Å². The van der Waals surface area contributed by atoms with Gasteiger partial charge in [0.15, 0.2) is 0 Å². The van der Waals surface area contributed by atoms with Crippen molar-refractivity contribution < 1.29 is 23.4 Å². The first-order valence-electron chi connectivity index (χ1n) is 11.3. The molecule has 170 valence electrons. The van der Waals surface area contributed by atoms with E-state index in [9.17, 15) is 13.6 Å². The van der Waals surface area contributed by atoms with Crippen LogP contribution in [0.25, 0.3) is 5.57 Å². The molecule has 1 saturated heterocycles. The van der Waals surface area contributed by atoms with Crippen molar-refractivity contribution in [3.63, 3.8) is 0 Å². The summed E-state index contributed by atoms with van der Waals surface area (Å²) in [7, 11) is 0. The van der Waals surface area contributed by atoms with Crippen LogP contribution in [0.4, 0.5) is 8.78 Å². The van der Waals surface area contributed by atoms with Crippen LogP contribution in [0.2, 0.25) is 0 Å². The highest BCUT2D eigenvalue weighted by atomic mass is 19.1. The number of likely N-dealkylation sites (tertiary alicyclic amines) is 1. The van der Waals surface area contributed by atoms with Gasteiger partial charge in [-0.15, -0.1) is 0 Å². The molecule has 2 aliphatic rings. The molecule has 1 fully saturated rings. The second kappa shape index (κ2) is 10.5. The molecule has 0 aromatic heterocycles. The number of carbonyl (C=O) groups is 1. The van der Waals surface area contributed by atoms with Crippen molar-refractivity contribution >= 4 is 11.5 Å². The van der Waals surface area contributed by atoms with E-state index >= 15 is 0 Å². The van der Waals surface area contributed by atoms with Crippen molar-refractivity contribution in [1.29, 1.82) is 0 Å². The molecule has 3 rings (SSSR count).